The van der Waals surface area contributed by atoms with E-state index in [-0.39, 0.29) is 5.60 Å². The Morgan fingerprint density at radius 3 is 2.77 bits per heavy atom. The van der Waals surface area contributed by atoms with Crippen molar-refractivity contribution in [3.05, 3.63) is 35.4 Å². The monoisotopic (exact) mass is 359 g/mol. The van der Waals surface area contributed by atoms with Gasteiger partial charge in [0.05, 0.1) is 24.9 Å². The number of nitrogens with zero attached hydrogens (tertiary/aromatic N) is 1. The molecule has 0 radical (unpaired) electrons. The number of likely N-dealkylation sites (tertiary alicyclic amines) is 1. The number of hydrogen-bond donors (Lipinski definition) is 0. The molecule has 0 unspecified atom stereocenters. The summed E-state index contributed by atoms with van der Waals surface area (Å²) in [7, 11) is 0. The number of benzene rings is 1. The van der Waals surface area contributed by atoms with Crippen LogP contribution in [0.3, 0.4) is 0 Å². The molecule has 0 N–H and O–H groups in total. The first-order valence-corrected chi connectivity index (χ1v) is 10.3. The number of aryl methyl sites for hydroxylation is 1. The molecule has 0 amide bonds. The molecule has 0 aliphatic carbocycles. The number of hydrogen-bond acceptors (Lipinski definition) is 4. The normalized spacial score (nSPS) is 27.2. The average molecular weight is 360 g/mol. The molecule has 144 valence electrons. The maximum atomic E-state index is 6.28. The molecule has 4 rings (SSSR count). The molecule has 3 aliphatic heterocycles. The van der Waals surface area contributed by atoms with Gasteiger partial charge in [-0.05, 0) is 44.1 Å². The van der Waals surface area contributed by atoms with Crippen LogP contribution >= 0.6 is 0 Å². The van der Waals surface area contributed by atoms with Crippen molar-refractivity contribution in [3.8, 4) is 0 Å². The Morgan fingerprint density at radius 2 is 2.00 bits per heavy atom. The van der Waals surface area contributed by atoms with Crippen molar-refractivity contribution in [1.82, 2.24) is 4.90 Å². The van der Waals surface area contributed by atoms with E-state index < -0.39 is 0 Å². The Bertz CT molecular complexity index is 577. The van der Waals surface area contributed by atoms with Crippen LogP contribution in [0.25, 0.3) is 0 Å². The number of piperidine rings is 1. The van der Waals surface area contributed by atoms with Gasteiger partial charge in [0.15, 0.2) is 0 Å². The van der Waals surface area contributed by atoms with Gasteiger partial charge in [-0.3, -0.25) is 4.90 Å². The summed E-state index contributed by atoms with van der Waals surface area (Å²) in [5.41, 5.74) is 2.84. The molecule has 26 heavy (non-hydrogen) atoms. The van der Waals surface area contributed by atoms with E-state index in [4.69, 9.17) is 14.2 Å². The maximum absolute atomic E-state index is 6.28. The van der Waals surface area contributed by atoms with Gasteiger partial charge in [0.2, 0.25) is 0 Å². The van der Waals surface area contributed by atoms with Crippen LogP contribution in [0.15, 0.2) is 24.3 Å². The standard InChI is InChI=1S/C22H33NO3/c1-18-3-2-4-20(13-18)15-23-9-7-22(8-10-23)14-21(17-26-22)25-16-19-5-11-24-12-6-19/h2-4,13,19,21H,5-12,14-17H2,1H3/t21-/m1/s1. The molecular weight excluding hydrogens is 326 g/mol. The molecule has 1 atom stereocenters. The van der Waals surface area contributed by atoms with E-state index in [0.29, 0.717) is 12.0 Å². The van der Waals surface area contributed by atoms with Crippen LogP contribution in [0.1, 0.15) is 43.2 Å². The molecule has 3 saturated heterocycles. The minimum absolute atomic E-state index is 0.0729. The van der Waals surface area contributed by atoms with Crippen LogP contribution in [0.5, 0.6) is 0 Å². The summed E-state index contributed by atoms with van der Waals surface area (Å²) in [6.45, 7) is 8.93. The van der Waals surface area contributed by atoms with Gasteiger partial charge in [-0.15, -0.1) is 0 Å². The summed E-state index contributed by atoms with van der Waals surface area (Å²) in [5.74, 6) is 0.677. The van der Waals surface area contributed by atoms with E-state index in [1.807, 2.05) is 0 Å². The molecule has 4 heteroatoms. The lowest BCUT2D eigenvalue weighted by Gasteiger charge is -2.38. The highest BCUT2D eigenvalue weighted by Gasteiger charge is 2.43. The van der Waals surface area contributed by atoms with E-state index in [2.05, 4.69) is 36.1 Å². The Labute approximate surface area is 157 Å². The predicted octanol–water partition coefficient (Wildman–Crippen LogP) is 3.56. The molecule has 0 saturated carbocycles. The van der Waals surface area contributed by atoms with Crippen molar-refractivity contribution < 1.29 is 14.2 Å². The van der Waals surface area contributed by atoms with Crippen molar-refractivity contribution in [2.24, 2.45) is 5.92 Å². The first-order chi connectivity index (χ1) is 12.7. The van der Waals surface area contributed by atoms with Gasteiger partial charge < -0.3 is 14.2 Å². The van der Waals surface area contributed by atoms with Gasteiger partial charge >= 0.3 is 0 Å². The molecule has 0 bridgehead atoms. The summed E-state index contributed by atoms with van der Waals surface area (Å²) in [6, 6.07) is 8.87. The highest BCUT2D eigenvalue weighted by molar-refractivity contribution is 5.22. The molecule has 4 nitrogen and oxygen atoms in total. The van der Waals surface area contributed by atoms with Crippen LogP contribution in [0, 0.1) is 12.8 Å². The summed E-state index contributed by atoms with van der Waals surface area (Å²) in [4.78, 5) is 2.57. The van der Waals surface area contributed by atoms with Crippen LogP contribution in [0.4, 0.5) is 0 Å². The molecule has 1 spiro atoms. The predicted molar refractivity (Wildman–Crippen MR) is 102 cm³/mol. The van der Waals surface area contributed by atoms with Crippen molar-refractivity contribution in [1.29, 1.82) is 0 Å². The second-order valence-electron chi connectivity index (χ2n) is 8.47. The van der Waals surface area contributed by atoms with Crippen molar-refractivity contribution >= 4 is 0 Å². The fourth-order valence-corrected chi connectivity index (χ4v) is 4.63. The van der Waals surface area contributed by atoms with Gasteiger partial charge in [-0.2, -0.15) is 0 Å². The first kappa shape index (κ1) is 18.4. The van der Waals surface area contributed by atoms with E-state index in [0.717, 1.165) is 78.2 Å². The van der Waals surface area contributed by atoms with Crippen LogP contribution in [-0.2, 0) is 20.8 Å². The molecule has 1 aromatic carbocycles. The molecule has 0 aromatic heterocycles. The number of ether oxygens (including phenoxy) is 3. The van der Waals surface area contributed by atoms with Crippen LogP contribution in [0.2, 0.25) is 0 Å². The fraction of sp³-hybridized carbons (Fsp3) is 0.727. The Hall–Kier alpha value is -0.940. The lowest BCUT2D eigenvalue weighted by molar-refractivity contribution is -0.0479. The topological polar surface area (TPSA) is 30.9 Å². The van der Waals surface area contributed by atoms with Gasteiger partial charge in [-0.1, -0.05) is 29.8 Å². The summed E-state index contributed by atoms with van der Waals surface area (Å²) in [6.07, 6.45) is 5.93. The van der Waals surface area contributed by atoms with Crippen molar-refractivity contribution in [2.75, 3.05) is 39.5 Å². The second-order valence-corrected chi connectivity index (χ2v) is 8.47. The summed E-state index contributed by atoms with van der Waals surface area (Å²) >= 11 is 0. The minimum Gasteiger partial charge on any atom is -0.381 e. The fourth-order valence-electron chi connectivity index (χ4n) is 4.63. The number of rotatable bonds is 5. The first-order valence-electron chi connectivity index (χ1n) is 10.3. The summed E-state index contributed by atoms with van der Waals surface area (Å²) < 4.78 is 17.9. The minimum atomic E-state index is 0.0729. The maximum Gasteiger partial charge on any atom is 0.0836 e. The van der Waals surface area contributed by atoms with Gasteiger partial charge in [-0.25, -0.2) is 0 Å². The molecule has 1 aromatic rings. The van der Waals surface area contributed by atoms with E-state index in [1.54, 1.807) is 0 Å². The molecule has 3 heterocycles. The highest BCUT2D eigenvalue weighted by atomic mass is 16.6. The molecule has 3 fully saturated rings. The molecular formula is C22H33NO3. The molecule has 3 aliphatic rings. The van der Waals surface area contributed by atoms with Gasteiger partial charge in [0, 0.05) is 39.3 Å². The van der Waals surface area contributed by atoms with Crippen LogP contribution < -0.4 is 0 Å². The zero-order valence-electron chi connectivity index (χ0n) is 16.1. The second kappa shape index (κ2) is 8.39. The van der Waals surface area contributed by atoms with Crippen molar-refractivity contribution in [3.63, 3.8) is 0 Å². The lowest BCUT2D eigenvalue weighted by atomic mass is 9.87. The summed E-state index contributed by atoms with van der Waals surface area (Å²) in [5, 5.41) is 0. The SMILES string of the molecule is Cc1cccc(CN2CCC3(CC2)C[C@@H](OCC2CCOCC2)CO3)c1. The highest BCUT2D eigenvalue weighted by Crippen LogP contribution is 2.37. The third kappa shape index (κ3) is 4.66. The van der Waals surface area contributed by atoms with E-state index >= 15 is 0 Å². The lowest BCUT2D eigenvalue weighted by Crippen LogP contribution is -2.44. The van der Waals surface area contributed by atoms with Crippen LogP contribution in [-0.4, -0.2) is 56.1 Å². The smallest absolute Gasteiger partial charge is 0.0836 e. The Balaban J connectivity index is 1.21. The third-order valence-electron chi connectivity index (χ3n) is 6.34. The van der Waals surface area contributed by atoms with Gasteiger partial charge in [0.25, 0.3) is 0 Å². The Kier molecular flexibility index (Phi) is 5.94. The van der Waals surface area contributed by atoms with Crippen molar-refractivity contribution in [2.45, 2.75) is 57.3 Å². The van der Waals surface area contributed by atoms with Gasteiger partial charge in [0.1, 0.15) is 0 Å². The van der Waals surface area contributed by atoms with E-state index in [1.165, 1.54) is 11.1 Å². The zero-order valence-corrected chi connectivity index (χ0v) is 16.1. The third-order valence-corrected chi connectivity index (χ3v) is 6.34. The zero-order chi connectivity index (χ0) is 17.8. The largest absolute Gasteiger partial charge is 0.381 e. The van der Waals surface area contributed by atoms with E-state index in [9.17, 15) is 0 Å². The quantitative estimate of drug-likeness (QED) is 0.804. The Morgan fingerprint density at radius 1 is 1.19 bits per heavy atom. The average Bonchev–Trinajstić information content (AvgIpc) is 3.06.